The van der Waals surface area contributed by atoms with Gasteiger partial charge in [0.25, 0.3) is 0 Å². The number of carboxylic acid groups (broad SMARTS) is 2. The second-order valence-electron chi connectivity index (χ2n) is 2.60. The van der Waals surface area contributed by atoms with Gasteiger partial charge in [-0.25, -0.2) is 0 Å². The van der Waals surface area contributed by atoms with Crippen LogP contribution in [0.4, 0.5) is 0 Å². The molecule has 0 atom stereocenters. The molecule has 1 fully saturated rings. The van der Waals surface area contributed by atoms with Gasteiger partial charge in [0.15, 0.2) is 0 Å². The van der Waals surface area contributed by atoms with Crippen LogP contribution >= 0.6 is 0 Å². The Morgan fingerprint density at radius 2 is 1.67 bits per heavy atom. The Bertz CT molecular complexity index is 228. The highest BCUT2D eigenvalue weighted by atomic mass is 16.4. The molecule has 0 spiro atoms. The van der Waals surface area contributed by atoms with Crippen LogP contribution in [-0.2, 0) is 9.59 Å². The minimum absolute atomic E-state index is 0.360. The molecule has 0 unspecified atom stereocenters. The first-order valence-corrected chi connectivity index (χ1v) is 3.08. The van der Waals surface area contributed by atoms with E-state index in [-0.39, 0.29) is 13.1 Å². The van der Waals surface area contributed by atoms with E-state index in [1.807, 2.05) is 0 Å². The summed E-state index contributed by atoms with van der Waals surface area (Å²) in [5, 5.41) is 20.3. The van der Waals surface area contributed by atoms with E-state index < -0.39 is 17.4 Å². The summed E-state index contributed by atoms with van der Waals surface area (Å²) in [6.07, 6.45) is 0. The van der Waals surface area contributed by atoms with Crippen molar-refractivity contribution >= 4 is 11.9 Å². The number of nitrogens with zero attached hydrogens (tertiary/aromatic N) is 2. The van der Waals surface area contributed by atoms with Crippen LogP contribution < -0.4 is 0 Å². The summed E-state index contributed by atoms with van der Waals surface area (Å²) in [6, 6.07) is 0. The Balaban J connectivity index is 2.75. The summed E-state index contributed by atoms with van der Waals surface area (Å²) in [7, 11) is 0. The monoisotopic (exact) mass is 174 g/mol. The summed E-state index contributed by atoms with van der Waals surface area (Å²) in [4.78, 5) is 30.7. The maximum Gasteiger partial charge on any atom is 0.324 e. The van der Waals surface area contributed by atoms with E-state index in [0.29, 0.717) is 0 Å². The molecule has 1 saturated heterocycles. The minimum Gasteiger partial charge on any atom is -0.480 e. The van der Waals surface area contributed by atoms with Crippen LogP contribution in [0.1, 0.15) is 0 Å². The van der Waals surface area contributed by atoms with E-state index in [2.05, 4.69) is 5.29 Å². The molecule has 0 bridgehead atoms. The number of nitroso groups, excluding NO2 is 1. The van der Waals surface area contributed by atoms with Gasteiger partial charge in [0.05, 0.1) is 18.4 Å². The van der Waals surface area contributed by atoms with E-state index in [1.165, 1.54) is 0 Å². The van der Waals surface area contributed by atoms with Crippen molar-refractivity contribution in [1.29, 1.82) is 0 Å². The average Bonchev–Trinajstić information content (AvgIpc) is 1.83. The second kappa shape index (κ2) is 2.43. The van der Waals surface area contributed by atoms with Gasteiger partial charge < -0.3 is 10.2 Å². The van der Waals surface area contributed by atoms with Crippen LogP contribution in [0.2, 0.25) is 0 Å². The fourth-order valence-corrected chi connectivity index (χ4v) is 0.997. The zero-order valence-electron chi connectivity index (χ0n) is 5.93. The molecule has 1 aliphatic rings. The average molecular weight is 174 g/mol. The van der Waals surface area contributed by atoms with Gasteiger partial charge in [-0.15, -0.1) is 4.91 Å². The molecule has 12 heavy (non-hydrogen) atoms. The van der Waals surface area contributed by atoms with Crippen LogP contribution in [0.5, 0.6) is 0 Å². The summed E-state index contributed by atoms with van der Waals surface area (Å²) in [5.74, 6) is -2.87. The third-order valence-electron chi connectivity index (χ3n) is 1.84. The Hall–Kier alpha value is -1.66. The third-order valence-corrected chi connectivity index (χ3v) is 1.84. The molecule has 1 heterocycles. The lowest BCUT2D eigenvalue weighted by molar-refractivity contribution is -0.178. The molecule has 0 aromatic heterocycles. The first-order chi connectivity index (χ1) is 5.53. The van der Waals surface area contributed by atoms with Crippen molar-refractivity contribution in [2.75, 3.05) is 13.1 Å². The summed E-state index contributed by atoms with van der Waals surface area (Å²) < 4.78 is 0. The molecule has 66 valence electrons. The molecule has 0 aromatic carbocycles. The van der Waals surface area contributed by atoms with E-state index in [0.717, 1.165) is 5.01 Å². The number of aliphatic carboxylic acids is 2. The molecular formula is C5H6N2O5. The van der Waals surface area contributed by atoms with E-state index in [4.69, 9.17) is 10.2 Å². The molecule has 7 heteroatoms. The third kappa shape index (κ3) is 0.900. The Kier molecular flexibility index (Phi) is 1.71. The van der Waals surface area contributed by atoms with Crippen molar-refractivity contribution < 1.29 is 19.8 Å². The van der Waals surface area contributed by atoms with Crippen molar-refractivity contribution in [3.8, 4) is 0 Å². The van der Waals surface area contributed by atoms with Gasteiger partial charge in [-0.2, -0.15) is 0 Å². The normalized spacial score (nSPS) is 19.5. The summed E-state index contributed by atoms with van der Waals surface area (Å²) in [5.41, 5.74) is -1.84. The maximum atomic E-state index is 10.5. The smallest absolute Gasteiger partial charge is 0.324 e. The molecule has 7 nitrogen and oxygen atoms in total. The SMILES string of the molecule is O=NN1CC(C(=O)O)(C(=O)O)C1. The van der Waals surface area contributed by atoms with Gasteiger partial charge in [0.1, 0.15) is 0 Å². The highest BCUT2D eigenvalue weighted by Gasteiger charge is 2.57. The van der Waals surface area contributed by atoms with Crippen LogP contribution in [0.3, 0.4) is 0 Å². The number of carbonyl (C=O) groups is 2. The maximum absolute atomic E-state index is 10.5. The van der Waals surface area contributed by atoms with Gasteiger partial charge in [-0.1, -0.05) is 0 Å². The largest absolute Gasteiger partial charge is 0.480 e. The molecule has 0 radical (unpaired) electrons. The molecule has 2 N–H and O–H groups in total. The Labute approximate surface area is 66.5 Å². The number of hydrogen-bond acceptors (Lipinski definition) is 4. The molecule has 0 aromatic rings. The van der Waals surface area contributed by atoms with Gasteiger partial charge in [0.2, 0.25) is 5.41 Å². The lowest BCUT2D eigenvalue weighted by atomic mass is 9.81. The van der Waals surface area contributed by atoms with Gasteiger partial charge >= 0.3 is 11.9 Å². The van der Waals surface area contributed by atoms with Crippen molar-refractivity contribution in [1.82, 2.24) is 5.01 Å². The van der Waals surface area contributed by atoms with Gasteiger partial charge in [-0.05, 0) is 0 Å². The lowest BCUT2D eigenvalue weighted by Crippen LogP contribution is -2.62. The zero-order chi connectivity index (χ0) is 9.35. The highest BCUT2D eigenvalue weighted by molar-refractivity contribution is 6.00. The van der Waals surface area contributed by atoms with Crippen molar-refractivity contribution in [2.24, 2.45) is 10.7 Å². The van der Waals surface area contributed by atoms with Crippen LogP contribution in [0.15, 0.2) is 5.29 Å². The Morgan fingerprint density at radius 3 is 1.92 bits per heavy atom. The van der Waals surface area contributed by atoms with Crippen molar-refractivity contribution in [3.05, 3.63) is 4.91 Å². The van der Waals surface area contributed by atoms with Crippen LogP contribution in [0, 0.1) is 10.3 Å². The molecule has 0 amide bonds. The first kappa shape index (κ1) is 8.44. The lowest BCUT2D eigenvalue weighted by Gasteiger charge is -2.39. The highest BCUT2D eigenvalue weighted by Crippen LogP contribution is 2.30. The van der Waals surface area contributed by atoms with E-state index >= 15 is 0 Å². The standard InChI is InChI=1S/C5H6N2O5/c8-3(9)5(4(10)11)1-7(2-5)6-12/h1-2H2,(H,8,9)(H,10,11). The molecule has 1 rings (SSSR count). The number of rotatable bonds is 3. The molecule has 1 aliphatic heterocycles. The fraction of sp³-hybridized carbons (Fsp3) is 0.600. The first-order valence-electron chi connectivity index (χ1n) is 3.08. The predicted octanol–water partition coefficient (Wildman–Crippen LogP) is -0.861. The van der Waals surface area contributed by atoms with Gasteiger partial charge in [0, 0.05) is 0 Å². The zero-order valence-corrected chi connectivity index (χ0v) is 5.93. The topological polar surface area (TPSA) is 107 Å². The predicted molar refractivity (Wildman–Crippen MR) is 35.1 cm³/mol. The minimum atomic E-state index is -1.84. The Morgan fingerprint density at radius 1 is 1.25 bits per heavy atom. The molecule has 0 saturated carbocycles. The van der Waals surface area contributed by atoms with Gasteiger partial charge in [-0.3, -0.25) is 14.6 Å². The summed E-state index contributed by atoms with van der Waals surface area (Å²) >= 11 is 0. The number of carboxylic acids is 2. The van der Waals surface area contributed by atoms with E-state index in [1.54, 1.807) is 0 Å². The van der Waals surface area contributed by atoms with E-state index in [9.17, 15) is 14.5 Å². The summed E-state index contributed by atoms with van der Waals surface area (Å²) in [6.45, 7) is -0.720. The second-order valence-corrected chi connectivity index (χ2v) is 2.60. The van der Waals surface area contributed by atoms with Crippen molar-refractivity contribution in [2.45, 2.75) is 0 Å². The van der Waals surface area contributed by atoms with Crippen LogP contribution in [0.25, 0.3) is 0 Å². The number of hydrogen-bond donors (Lipinski definition) is 2. The quantitative estimate of drug-likeness (QED) is 0.425. The van der Waals surface area contributed by atoms with Crippen LogP contribution in [-0.4, -0.2) is 40.3 Å². The van der Waals surface area contributed by atoms with Crippen molar-refractivity contribution in [3.63, 3.8) is 0 Å². The molecule has 0 aliphatic carbocycles. The fourth-order valence-electron chi connectivity index (χ4n) is 0.997. The molecular weight excluding hydrogens is 168 g/mol.